The van der Waals surface area contributed by atoms with Crippen molar-refractivity contribution < 1.29 is 12.6 Å². The molecule has 4 rings (SSSR count). The van der Waals surface area contributed by atoms with Gasteiger partial charge in [0.25, 0.3) is 0 Å². The zero-order valence-corrected chi connectivity index (χ0v) is 16.8. The Hall–Kier alpha value is -3.50. The van der Waals surface area contributed by atoms with E-state index in [0.717, 1.165) is 0 Å². The molecule has 0 spiro atoms. The van der Waals surface area contributed by atoms with E-state index in [0.29, 0.717) is 0 Å². The number of hydrogen-bond donors (Lipinski definition) is 0. The number of rotatable bonds is 3. The summed E-state index contributed by atoms with van der Waals surface area (Å²) in [5, 5.41) is 0. The van der Waals surface area contributed by atoms with Gasteiger partial charge in [0.1, 0.15) is 0 Å². The lowest BCUT2D eigenvalue weighted by molar-refractivity contribution is 0.559. The smallest absolute Gasteiger partial charge is 0.142 e. The number of aryl methyl sites for hydroxylation is 1. The Labute approximate surface area is 172 Å². The third-order valence-electron chi connectivity index (χ3n) is 4.60. The van der Waals surface area contributed by atoms with Gasteiger partial charge in [0.15, 0.2) is 0 Å². The van der Waals surface area contributed by atoms with Crippen LogP contribution in [0.4, 0.5) is 0 Å². The maximum absolute atomic E-state index is 8.44. The molecule has 0 saturated carbocycles. The van der Waals surface area contributed by atoms with Crippen LogP contribution in [0.1, 0.15) is 5.56 Å². The molecular weight excluding hydrogens is 380 g/mol. The Morgan fingerprint density at radius 3 is 0.966 bits per heavy atom. The van der Waals surface area contributed by atoms with Crippen LogP contribution in [0.5, 0.6) is 0 Å². The molecule has 0 unspecified atom stereocenters. The van der Waals surface area contributed by atoms with Crippen molar-refractivity contribution in [2.75, 3.05) is 0 Å². The van der Waals surface area contributed by atoms with Crippen LogP contribution in [0, 0.1) is 6.92 Å². The maximum Gasteiger partial charge on any atom is 0.425 e. The molecule has 0 bridgehead atoms. The third kappa shape index (κ3) is 5.74. The average Bonchev–Trinajstić information content (AvgIpc) is 2.75. The molecule has 144 valence electrons. The zero-order chi connectivity index (χ0) is 20.6. The number of hydrogen-bond acceptors (Lipinski definition) is 3. The van der Waals surface area contributed by atoms with E-state index in [1.807, 2.05) is 6.07 Å². The Morgan fingerprint density at radius 2 is 0.655 bits per heavy atom. The molecular formula is C25H20O3S. The van der Waals surface area contributed by atoms with Crippen molar-refractivity contribution in [3.63, 3.8) is 0 Å². The molecule has 0 heterocycles. The average molecular weight is 400 g/mol. The minimum atomic E-state index is -3.11. The Kier molecular flexibility index (Phi) is 6.72. The summed E-state index contributed by atoms with van der Waals surface area (Å²) in [4.78, 5) is 0. The highest BCUT2D eigenvalue weighted by Crippen LogP contribution is 2.27. The summed E-state index contributed by atoms with van der Waals surface area (Å²) in [5.74, 6) is 0. The molecule has 0 amide bonds. The van der Waals surface area contributed by atoms with Gasteiger partial charge in [0, 0.05) is 0 Å². The molecule has 4 aromatic rings. The van der Waals surface area contributed by atoms with Crippen molar-refractivity contribution in [1.29, 1.82) is 0 Å². The molecule has 0 atom stereocenters. The summed E-state index contributed by atoms with van der Waals surface area (Å²) in [6.45, 7) is 2.12. The van der Waals surface area contributed by atoms with E-state index in [2.05, 4.69) is 104 Å². The fourth-order valence-electron chi connectivity index (χ4n) is 3.09. The highest BCUT2D eigenvalue weighted by atomic mass is 32.2. The van der Waals surface area contributed by atoms with Crippen molar-refractivity contribution >= 4 is 10.6 Å². The molecule has 0 aliphatic heterocycles. The largest absolute Gasteiger partial charge is 0.425 e. The molecule has 0 aliphatic carbocycles. The van der Waals surface area contributed by atoms with Gasteiger partial charge >= 0.3 is 10.6 Å². The van der Waals surface area contributed by atoms with E-state index in [9.17, 15) is 0 Å². The predicted molar refractivity (Wildman–Crippen MR) is 117 cm³/mol. The lowest BCUT2D eigenvalue weighted by Gasteiger charge is -2.07. The van der Waals surface area contributed by atoms with Gasteiger partial charge in [-0.25, -0.2) is 0 Å². The quantitative estimate of drug-likeness (QED) is 0.424. The Morgan fingerprint density at radius 1 is 0.414 bits per heavy atom. The normalized spacial score (nSPS) is 9.97. The first-order valence-corrected chi connectivity index (χ1v) is 10.1. The second kappa shape index (κ2) is 9.62. The minimum Gasteiger partial charge on any atom is -0.142 e. The van der Waals surface area contributed by atoms with E-state index in [4.69, 9.17) is 12.6 Å². The molecule has 29 heavy (non-hydrogen) atoms. The van der Waals surface area contributed by atoms with Gasteiger partial charge in [-0.15, -0.1) is 12.6 Å². The van der Waals surface area contributed by atoms with Crippen LogP contribution in [0.2, 0.25) is 0 Å². The van der Waals surface area contributed by atoms with Crippen LogP contribution in [0.3, 0.4) is 0 Å². The highest BCUT2D eigenvalue weighted by molar-refractivity contribution is 7.59. The summed E-state index contributed by atoms with van der Waals surface area (Å²) < 4.78 is 25.3. The summed E-state index contributed by atoms with van der Waals surface area (Å²) in [7, 11) is -3.11. The summed E-state index contributed by atoms with van der Waals surface area (Å²) in [5.41, 5.74) is 8.80. The minimum absolute atomic E-state index is 1.25. The zero-order valence-electron chi connectivity index (χ0n) is 15.9. The van der Waals surface area contributed by atoms with Gasteiger partial charge in [-0.2, -0.15) is 0 Å². The molecule has 3 nitrogen and oxygen atoms in total. The molecule has 0 saturated heterocycles. The first-order valence-electron chi connectivity index (χ1n) is 9.12. The van der Waals surface area contributed by atoms with Crippen molar-refractivity contribution in [2.24, 2.45) is 0 Å². The van der Waals surface area contributed by atoms with Crippen molar-refractivity contribution in [2.45, 2.75) is 6.92 Å². The van der Waals surface area contributed by atoms with E-state index in [1.54, 1.807) is 0 Å². The van der Waals surface area contributed by atoms with Crippen LogP contribution in [-0.4, -0.2) is 12.6 Å². The van der Waals surface area contributed by atoms with Crippen molar-refractivity contribution in [3.05, 3.63) is 109 Å². The molecule has 0 aromatic heterocycles. The van der Waals surface area contributed by atoms with Gasteiger partial charge < -0.3 is 0 Å². The van der Waals surface area contributed by atoms with Gasteiger partial charge in [-0.3, -0.25) is 0 Å². The fourth-order valence-corrected chi connectivity index (χ4v) is 3.09. The topological polar surface area (TPSA) is 51.2 Å². The first-order chi connectivity index (χ1) is 14.0. The van der Waals surface area contributed by atoms with Gasteiger partial charge in [0.05, 0.1) is 0 Å². The standard InChI is InChI=1S/C25H20.O3S/c1-19-7-9-21(10-8-19)23-15-17-25(18-16-23)24-13-11-22(12-14-24)20-5-3-2-4-6-20;1-4(2)3/h2-18H,1H3;. The lowest BCUT2D eigenvalue weighted by atomic mass is 9.98. The molecule has 4 heteroatoms. The van der Waals surface area contributed by atoms with Gasteiger partial charge in [-0.05, 0) is 40.3 Å². The molecule has 4 aromatic carbocycles. The van der Waals surface area contributed by atoms with Crippen LogP contribution in [-0.2, 0) is 10.6 Å². The predicted octanol–water partition coefficient (Wildman–Crippen LogP) is 5.99. The van der Waals surface area contributed by atoms with Crippen LogP contribution < -0.4 is 0 Å². The SMILES string of the molecule is Cc1ccc(-c2ccc(-c3ccc(-c4ccccc4)cc3)cc2)cc1.O=S(=O)=O. The Balaban J connectivity index is 0.000000552. The molecule has 0 aliphatic rings. The van der Waals surface area contributed by atoms with Gasteiger partial charge in [-0.1, -0.05) is 109 Å². The van der Waals surface area contributed by atoms with E-state index < -0.39 is 10.6 Å². The van der Waals surface area contributed by atoms with Crippen molar-refractivity contribution in [3.8, 4) is 33.4 Å². The fraction of sp³-hybridized carbons (Fsp3) is 0.0400. The molecule has 0 fully saturated rings. The molecule has 0 N–H and O–H groups in total. The van der Waals surface area contributed by atoms with Crippen LogP contribution in [0.25, 0.3) is 33.4 Å². The second-order valence-electron chi connectivity index (χ2n) is 6.59. The monoisotopic (exact) mass is 400 g/mol. The van der Waals surface area contributed by atoms with Crippen LogP contribution in [0.15, 0.2) is 103 Å². The number of benzene rings is 4. The molecule has 0 radical (unpaired) electrons. The summed E-state index contributed by atoms with van der Waals surface area (Å²) in [6, 6.07) is 36.7. The van der Waals surface area contributed by atoms with Crippen LogP contribution >= 0.6 is 0 Å². The first kappa shape index (κ1) is 20.2. The van der Waals surface area contributed by atoms with Gasteiger partial charge in [0.2, 0.25) is 0 Å². The lowest BCUT2D eigenvalue weighted by Crippen LogP contribution is -1.82. The summed E-state index contributed by atoms with van der Waals surface area (Å²) in [6.07, 6.45) is 0. The van der Waals surface area contributed by atoms with E-state index >= 15 is 0 Å². The van der Waals surface area contributed by atoms with E-state index in [1.165, 1.54) is 38.9 Å². The third-order valence-corrected chi connectivity index (χ3v) is 4.60. The second-order valence-corrected chi connectivity index (χ2v) is 7.00. The van der Waals surface area contributed by atoms with E-state index in [-0.39, 0.29) is 0 Å². The maximum atomic E-state index is 8.44. The van der Waals surface area contributed by atoms with Crippen molar-refractivity contribution in [1.82, 2.24) is 0 Å². The summed E-state index contributed by atoms with van der Waals surface area (Å²) >= 11 is 0. The highest BCUT2D eigenvalue weighted by Gasteiger charge is 2.02. The Bertz CT molecular complexity index is 1160.